The van der Waals surface area contributed by atoms with Gasteiger partial charge in [-0.1, -0.05) is 44.2 Å². The van der Waals surface area contributed by atoms with Gasteiger partial charge in [0, 0.05) is 44.4 Å². The Hall–Kier alpha value is -2.97. The SMILES string of the molecule is CC1C2CC3CC1CC(C2)C3(CC(=O)N1CC(O)C1)Cc1ccccc1F.COc1ccc(C2(CC(=O)N3CC(O)C3)C3CC4CC2CC(C3)C4C)cc1. The topological polar surface area (TPSA) is 90.3 Å². The third-order valence-electron chi connectivity index (χ3n) is 17.2. The number of likely N-dealkylation sites (tertiary alicyclic amines) is 2. The maximum atomic E-state index is 14.5. The van der Waals surface area contributed by atoms with Crippen LogP contribution in [0.1, 0.15) is 89.2 Å². The zero-order valence-corrected chi connectivity index (χ0v) is 32.5. The van der Waals surface area contributed by atoms with E-state index in [0.717, 1.165) is 46.8 Å². The lowest BCUT2D eigenvalue weighted by Gasteiger charge is -2.64. The first-order chi connectivity index (χ1) is 26.0. The van der Waals surface area contributed by atoms with Crippen molar-refractivity contribution in [3.05, 3.63) is 65.5 Å². The van der Waals surface area contributed by atoms with E-state index in [9.17, 15) is 24.2 Å². The van der Waals surface area contributed by atoms with Crippen molar-refractivity contribution in [1.29, 1.82) is 0 Å². The minimum absolute atomic E-state index is 0.0307. The summed E-state index contributed by atoms with van der Waals surface area (Å²) >= 11 is 0. The lowest BCUT2D eigenvalue weighted by Crippen LogP contribution is -2.61. The predicted octanol–water partition coefficient (Wildman–Crippen LogP) is 6.88. The van der Waals surface area contributed by atoms with Crippen LogP contribution in [0.5, 0.6) is 5.75 Å². The number of amides is 2. The summed E-state index contributed by atoms with van der Waals surface area (Å²) < 4.78 is 19.9. The van der Waals surface area contributed by atoms with Gasteiger partial charge in [0.05, 0.1) is 19.3 Å². The molecule has 8 bridgehead atoms. The maximum absolute atomic E-state index is 14.5. The molecule has 10 aliphatic rings. The summed E-state index contributed by atoms with van der Waals surface area (Å²) in [4.78, 5) is 29.8. The van der Waals surface area contributed by atoms with Crippen molar-refractivity contribution < 1.29 is 28.9 Å². The number of carbonyl (C=O) groups is 2. The number of aliphatic hydroxyl groups is 2. The summed E-state index contributed by atoms with van der Waals surface area (Å²) in [6.45, 7) is 6.82. The molecule has 8 aliphatic carbocycles. The quantitative estimate of drug-likeness (QED) is 0.308. The molecule has 2 heterocycles. The zero-order valence-electron chi connectivity index (χ0n) is 32.5. The largest absolute Gasteiger partial charge is 0.497 e. The van der Waals surface area contributed by atoms with Crippen LogP contribution in [-0.2, 0) is 21.4 Å². The molecule has 2 aliphatic heterocycles. The second kappa shape index (κ2) is 13.9. The number of halogens is 1. The third kappa shape index (κ3) is 6.02. The Kier molecular flexibility index (Phi) is 9.43. The van der Waals surface area contributed by atoms with Crippen molar-refractivity contribution in [2.45, 2.75) is 102 Å². The number of hydrogen-bond acceptors (Lipinski definition) is 5. The molecule has 0 aromatic heterocycles. The van der Waals surface area contributed by atoms with Gasteiger partial charge in [0.2, 0.25) is 11.8 Å². The number of hydrogen-bond donors (Lipinski definition) is 2. The number of methoxy groups -OCH3 is 1. The fourth-order valence-electron chi connectivity index (χ4n) is 14.1. The molecule has 54 heavy (non-hydrogen) atoms. The number of β-amino-alcohol motifs (C(OH)–C–C–N with tert-alkyl or cyclic N) is 2. The molecule has 12 rings (SSSR count). The van der Waals surface area contributed by atoms with Gasteiger partial charge in [0.15, 0.2) is 0 Å². The fraction of sp³-hybridized carbons (Fsp3) is 0.696. The van der Waals surface area contributed by atoms with Crippen LogP contribution in [0.2, 0.25) is 0 Å². The highest BCUT2D eigenvalue weighted by Crippen LogP contribution is 2.67. The Morgan fingerprint density at radius 2 is 1.13 bits per heavy atom. The molecule has 0 spiro atoms. The number of carbonyl (C=O) groups excluding carboxylic acids is 2. The van der Waals surface area contributed by atoms with E-state index in [0.29, 0.717) is 69.1 Å². The molecular formula is C46H61FN2O5. The van der Waals surface area contributed by atoms with Gasteiger partial charge in [-0.2, -0.15) is 0 Å². The highest BCUT2D eigenvalue weighted by Gasteiger charge is 2.62. The molecule has 0 unspecified atom stereocenters. The van der Waals surface area contributed by atoms with Crippen molar-refractivity contribution in [3.63, 3.8) is 0 Å². The molecule has 2 saturated heterocycles. The minimum Gasteiger partial charge on any atom is -0.497 e. The number of nitrogens with zero attached hydrogens (tertiary/aromatic N) is 2. The van der Waals surface area contributed by atoms with Crippen molar-refractivity contribution in [1.82, 2.24) is 9.80 Å². The van der Waals surface area contributed by atoms with Gasteiger partial charge in [0.1, 0.15) is 11.6 Å². The van der Waals surface area contributed by atoms with E-state index in [-0.39, 0.29) is 40.7 Å². The lowest BCUT2D eigenvalue weighted by atomic mass is 9.41. The standard InChI is InChI=1S/C23H30FNO2.C23H31NO3/c1-14-16-6-18-8-17(14)9-19(7-16)23(18,10-15-4-2-3-5-21(15)24)11-22(27)25-12-20(26)13-25;1-14-15-7-18-9-16(14)10-19(8-15)23(18,11-22(26)24-12-20(25)13-24)17-3-5-21(27-2)6-4-17/h2-5,14,16-20,26H,6-13H2,1H3;3-6,14-16,18-20,25H,7-13H2,1-2H3. The first-order valence-electron chi connectivity index (χ1n) is 21.3. The Morgan fingerprint density at radius 1 is 0.685 bits per heavy atom. The summed E-state index contributed by atoms with van der Waals surface area (Å²) in [5, 5.41) is 19.2. The molecule has 8 heteroatoms. The van der Waals surface area contributed by atoms with Gasteiger partial charge in [-0.15, -0.1) is 0 Å². The third-order valence-corrected chi connectivity index (χ3v) is 17.2. The van der Waals surface area contributed by atoms with Crippen LogP contribution in [0.15, 0.2) is 48.5 Å². The smallest absolute Gasteiger partial charge is 0.223 e. The first-order valence-corrected chi connectivity index (χ1v) is 21.3. The minimum atomic E-state index is -0.365. The van der Waals surface area contributed by atoms with E-state index < -0.39 is 0 Å². The number of ether oxygens (including phenoxy) is 1. The molecule has 2 N–H and O–H groups in total. The van der Waals surface area contributed by atoms with Gasteiger partial charge in [-0.05, 0) is 152 Å². The van der Waals surface area contributed by atoms with Crippen molar-refractivity contribution in [2.24, 2.45) is 64.6 Å². The highest BCUT2D eigenvalue weighted by molar-refractivity contribution is 5.79. The summed E-state index contributed by atoms with van der Waals surface area (Å²) in [6.07, 6.45) is 11.0. The molecule has 0 atom stereocenters. The number of benzene rings is 2. The van der Waals surface area contributed by atoms with E-state index in [1.54, 1.807) is 24.1 Å². The lowest BCUT2D eigenvalue weighted by molar-refractivity contribution is -0.164. The van der Waals surface area contributed by atoms with Gasteiger partial charge in [0.25, 0.3) is 0 Å². The van der Waals surface area contributed by atoms with E-state index in [1.165, 1.54) is 56.9 Å². The molecule has 292 valence electrons. The van der Waals surface area contributed by atoms with E-state index in [4.69, 9.17) is 4.74 Å². The van der Waals surface area contributed by atoms with Gasteiger partial charge in [-0.3, -0.25) is 9.59 Å². The van der Waals surface area contributed by atoms with Crippen LogP contribution in [0.4, 0.5) is 4.39 Å². The van der Waals surface area contributed by atoms with Crippen LogP contribution in [0, 0.1) is 70.4 Å². The fourth-order valence-corrected chi connectivity index (χ4v) is 14.1. The number of aliphatic hydroxyl groups excluding tert-OH is 2. The van der Waals surface area contributed by atoms with Crippen LogP contribution < -0.4 is 4.74 Å². The maximum Gasteiger partial charge on any atom is 0.223 e. The normalized spacial score (nSPS) is 40.2. The molecule has 7 nitrogen and oxygen atoms in total. The predicted molar refractivity (Wildman–Crippen MR) is 205 cm³/mol. The second-order valence-corrected chi connectivity index (χ2v) is 19.5. The van der Waals surface area contributed by atoms with Gasteiger partial charge >= 0.3 is 0 Å². The molecular weight excluding hydrogens is 680 g/mol. The second-order valence-electron chi connectivity index (χ2n) is 19.5. The Morgan fingerprint density at radius 3 is 1.57 bits per heavy atom. The average Bonchev–Trinajstić information content (AvgIpc) is 3.12. The van der Waals surface area contributed by atoms with Crippen molar-refractivity contribution in [2.75, 3.05) is 33.3 Å². The van der Waals surface area contributed by atoms with Crippen molar-refractivity contribution in [3.8, 4) is 5.75 Å². The zero-order chi connectivity index (χ0) is 37.5. The summed E-state index contributed by atoms with van der Waals surface area (Å²) in [6, 6.07) is 15.7. The summed E-state index contributed by atoms with van der Waals surface area (Å²) in [5.41, 5.74) is 1.97. The average molecular weight is 741 g/mol. The first kappa shape index (κ1) is 36.7. The number of rotatable bonds is 8. The molecule has 2 aromatic carbocycles. The van der Waals surface area contributed by atoms with E-state index in [2.05, 4.69) is 38.1 Å². The Bertz CT molecular complexity index is 1660. The summed E-state index contributed by atoms with van der Waals surface area (Å²) in [5.74, 6) is 8.38. The van der Waals surface area contributed by atoms with Crippen LogP contribution in [-0.4, -0.2) is 77.3 Å². The van der Waals surface area contributed by atoms with E-state index >= 15 is 0 Å². The van der Waals surface area contributed by atoms with Crippen LogP contribution in [0.3, 0.4) is 0 Å². The van der Waals surface area contributed by atoms with Crippen LogP contribution in [0.25, 0.3) is 0 Å². The van der Waals surface area contributed by atoms with E-state index in [1.807, 2.05) is 17.0 Å². The van der Waals surface area contributed by atoms with Gasteiger partial charge in [-0.25, -0.2) is 4.39 Å². The monoisotopic (exact) mass is 740 g/mol. The molecule has 2 amide bonds. The molecule has 2 aromatic rings. The van der Waals surface area contributed by atoms with Crippen molar-refractivity contribution >= 4 is 11.8 Å². The summed E-state index contributed by atoms with van der Waals surface area (Å²) in [7, 11) is 1.70. The Labute approximate surface area is 321 Å². The van der Waals surface area contributed by atoms with Gasteiger partial charge < -0.3 is 24.7 Å². The molecule has 0 radical (unpaired) electrons. The van der Waals surface area contributed by atoms with Crippen LogP contribution >= 0.6 is 0 Å². The highest BCUT2D eigenvalue weighted by atomic mass is 19.1. The Balaban J connectivity index is 0.000000142. The molecule has 10 fully saturated rings. The molecule has 8 saturated carbocycles.